The van der Waals surface area contributed by atoms with E-state index in [1.165, 1.54) is 7.11 Å². The first kappa shape index (κ1) is 11.6. The van der Waals surface area contributed by atoms with Gasteiger partial charge in [-0.15, -0.1) is 0 Å². The van der Waals surface area contributed by atoms with Crippen LogP contribution < -0.4 is 4.74 Å². The van der Waals surface area contributed by atoms with Crippen molar-refractivity contribution in [3.05, 3.63) is 33.4 Å². The number of aromatic carboxylic acids is 1. The number of benzene rings is 1. The van der Waals surface area contributed by atoms with E-state index >= 15 is 0 Å². The number of nitrogens with zero attached hydrogens (tertiary/aromatic N) is 1. The Hall–Kier alpha value is -2.44. The minimum Gasteiger partial charge on any atom is -0.495 e. The van der Waals surface area contributed by atoms with Gasteiger partial charge in [-0.2, -0.15) is 0 Å². The fourth-order valence-electron chi connectivity index (χ4n) is 1.22. The van der Waals surface area contributed by atoms with Crippen LogP contribution in [0.15, 0.2) is 12.1 Å². The van der Waals surface area contributed by atoms with Gasteiger partial charge in [0.2, 0.25) is 0 Å². The maximum Gasteiger partial charge on any atom is 0.339 e. The van der Waals surface area contributed by atoms with Crippen LogP contribution in [0.1, 0.15) is 20.7 Å². The summed E-state index contributed by atoms with van der Waals surface area (Å²) in [6.07, 6.45) is 0.304. The summed E-state index contributed by atoms with van der Waals surface area (Å²) in [7, 11) is 1.18. The topological polar surface area (TPSA) is 107 Å². The molecule has 84 valence electrons. The molecule has 0 aromatic heterocycles. The average molecular weight is 225 g/mol. The van der Waals surface area contributed by atoms with Gasteiger partial charge in [0.05, 0.1) is 17.6 Å². The molecule has 1 aromatic carbocycles. The molecule has 0 heterocycles. The van der Waals surface area contributed by atoms with Crippen molar-refractivity contribution in [1.29, 1.82) is 0 Å². The van der Waals surface area contributed by atoms with Crippen molar-refractivity contribution in [1.82, 2.24) is 0 Å². The molecule has 16 heavy (non-hydrogen) atoms. The molecule has 0 aliphatic carbocycles. The Morgan fingerprint density at radius 2 is 2.19 bits per heavy atom. The Morgan fingerprint density at radius 1 is 1.56 bits per heavy atom. The number of rotatable bonds is 4. The molecular formula is C9H7NO6. The number of carbonyl (C=O) groups excluding carboxylic acids is 1. The summed E-state index contributed by atoms with van der Waals surface area (Å²) >= 11 is 0. The van der Waals surface area contributed by atoms with E-state index < -0.39 is 22.1 Å². The van der Waals surface area contributed by atoms with E-state index in [0.29, 0.717) is 6.29 Å². The molecule has 0 atom stereocenters. The van der Waals surface area contributed by atoms with Crippen LogP contribution >= 0.6 is 0 Å². The summed E-state index contributed by atoms with van der Waals surface area (Å²) in [6.45, 7) is 0. The van der Waals surface area contributed by atoms with Gasteiger partial charge in [-0.1, -0.05) is 0 Å². The first-order chi connectivity index (χ1) is 7.51. The maximum atomic E-state index is 10.8. The van der Waals surface area contributed by atoms with Crippen LogP contribution in [-0.2, 0) is 0 Å². The van der Waals surface area contributed by atoms with Crippen LogP contribution in [0.2, 0.25) is 0 Å². The van der Waals surface area contributed by atoms with Gasteiger partial charge >= 0.3 is 5.97 Å². The lowest BCUT2D eigenvalue weighted by atomic mass is 10.1. The van der Waals surface area contributed by atoms with Crippen molar-refractivity contribution < 1.29 is 24.4 Å². The third kappa shape index (κ3) is 1.97. The highest BCUT2D eigenvalue weighted by Crippen LogP contribution is 2.28. The van der Waals surface area contributed by atoms with Crippen molar-refractivity contribution >= 4 is 17.9 Å². The third-order valence-electron chi connectivity index (χ3n) is 1.87. The maximum absolute atomic E-state index is 10.8. The molecule has 0 aliphatic heterocycles. The van der Waals surface area contributed by atoms with Gasteiger partial charge in [0.25, 0.3) is 5.69 Å². The number of carboxylic acid groups (broad SMARTS) is 1. The zero-order valence-electron chi connectivity index (χ0n) is 8.17. The normalized spacial score (nSPS) is 9.56. The Labute approximate surface area is 89.4 Å². The van der Waals surface area contributed by atoms with Crippen LogP contribution in [0.5, 0.6) is 5.75 Å². The van der Waals surface area contributed by atoms with Gasteiger partial charge in [0, 0.05) is 12.1 Å². The molecule has 0 aliphatic rings. The van der Waals surface area contributed by atoms with E-state index in [1.807, 2.05) is 0 Å². The fourth-order valence-corrected chi connectivity index (χ4v) is 1.22. The number of hydrogen-bond donors (Lipinski definition) is 1. The SMILES string of the molecule is COc1c(C=O)cc([N+](=O)[O-])cc1C(=O)O. The van der Waals surface area contributed by atoms with Gasteiger partial charge in [0.15, 0.2) is 6.29 Å². The molecule has 0 bridgehead atoms. The zero-order chi connectivity index (χ0) is 12.3. The molecular weight excluding hydrogens is 218 g/mol. The van der Waals surface area contributed by atoms with E-state index in [0.717, 1.165) is 12.1 Å². The van der Waals surface area contributed by atoms with Crippen molar-refractivity contribution in [3.63, 3.8) is 0 Å². The molecule has 0 saturated heterocycles. The largest absolute Gasteiger partial charge is 0.495 e. The van der Waals surface area contributed by atoms with Gasteiger partial charge in [-0.3, -0.25) is 14.9 Å². The number of nitro groups is 1. The molecule has 0 spiro atoms. The van der Waals surface area contributed by atoms with E-state index in [4.69, 9.17) is 9.84 Å². The highest BCUT2D eigenvalue weighted by atomic mass is 16.6. The monoisotopic (exact) mass is 225 g/mol. The van der Waals surface area contributed by atoms with Gasteiger partial charge < -0.3 is 9.84 Å². The Balaban J connectivity index is 3.55. The Bertz CT molecular complexity index is 467. The highest BCUT2D eigenvalue weighted by molar-refractivity contribution is 5.96. The molecule has 0 fully saturated rings. The number of aldehydes is 1. The number of methoxy groups -OCH3 is 1. The first-order valence-electron chi connectivity index (χ1n) is 4.06. The van der Waals surface area contributed by atoms with E-state index in [-0.39, 0.29) is 11.3 Å². The molecule has 7 nitrogen and oxygen atoms in total. The summed E-state index contributed by atoms with van der Waals surface area (Å²) in [6, 6.07) is 1.80. The predicted octanol–water partition coefficient (Wildman–Crippen LogP) is 1.11. The lowest BCUT2D eigenvalue weighted by Gasteiger charge is -2.06. The van der Waals surface area contributed by atoms with Gasteiger partial charge in [-0.05, 0) is 0 Å². The summed E-state index contributed by atoms with van der Waals surface area (Å²) in [5.74, 6) is -1.59. The minimum atomic E-state index is -1.40. The standard InChI is InChI=1S/C9H7NO6/c1-16-8-5(4-11)2-6(10(14)15)3-7(8)9(12)13/h2-4H,1H3,(H,12,13). The van der Waals surface area contributed by atoms with Gasteiger partial charge in [0.1, 0.15) is 11.3 Å². The van der Waals surface area contributed by atoms with Gasteiger partial charge in [-0.25, -0.2) is 4.79 Å². The zero-order valence-corrected chi connectivity index (χ0v) is 8.17. The molecule has 0 saturated carbocycles. The summed E-state index contributed by atoms with van der Waals surface area (Å²) in [5.41, 5.74) is -1.06. The quantitative estimate of drug-likeness (QED) is 0.467. The van der Waals surface area contributed by atoms with Crippen LogP contribution in [0.25, 0.3) is 0 Å². The second kappa shape index (κ2) is 4.39. The lowest BCUT2D eigenvalue weighted by molar-refractivity contribution is -0.384. The van der Waals surface area contributed by atoms with Crippen LogP contribution in [-0.4, -0.2) is 29.4 Å². The van der Waals surface area contributed by atoms with Crippen molar-refractivity contribution in [2.45, 2.75) is 0 Å². The molecule has 0 radical (unpaired) electrons. The second-order valence-corrected chi connectivity index (χ2v) is 2.80. The lowest BCUT2D eigenvalue weighted by Crippen LogP contribution is -2.05. The Morgan fingerprint density at radius 3 is 2.56 bits per heavy atom. The summed E-state index contributed by atoms with van der Waals surface area (Å²) in [4.78, 5) is 31.2. The Kier molecular flexibility index (Phi) is 3.19. The summed E-state index contributed by atoms with van der Waals surface area (Å²) in [5, 5.41) is 19.3. The summed E-state index contributed by atoms with van der Waals surface area (Å²) < 4.78 is 4.73. The fraction of sp³-hybridized carbons (Fsp3) is 0.111. The molecule has 1 rings (SSSR count). The predicted molar refractivity (Wildman–Crippen MR) is 52.0 cm³/mol. The first-order valence-corrected chi connectivity index (χ1v) is 4.06. The molecule has 7 heteroatoms. The van der Waals surface area contributed by atoms with E-state index in [2.05, 4.69) is 0 Å². The number of ether oxygens (including phenoxy) is 1. The van der Waals surface area contributed by atoms with Crippen molar-refractivity contribution in [2.75, 3.05) is 7.11 Å². The molecule has 1 N–H and O–H groups in total. The number of non-ortho nitro benzene ring substituents is 1. The van der Waals surface area contributed by atoms with Crippen LogP contribution in [0.3, 0.4) is 0 Å². The van der Waals surface area contributed by atoms with Crippen LogP contribution in [0, 0.1) is 10.1 Å². The number of carboxylic acids is 1. The molecule has 0 amide bonds. The smallest absolute Gasteiger partial charge is 0.339 e. The molecule has 1 aromatic rings. The number of nitro benzene ring substituents is 1. The van der Waals surface area contributed by atoms with Crippen LogP contribution in [0.4, 0.5) is 5.69 Å². The van der Waals surface area contributed by atoms with Crippen molar-refractivity contribution in [3.8, 4) is 5.75 Å². The molecule has 0 unspecified atom stereocenters. The number of hydrogen-bond acceptors (Lipinski definition) is 5. The third-order valence-corrected chi connectivity index (χ3v) is 1.87. The van der Waals surface area contributed by atoms with E-state index in [1.54, 1.807) is 0 Å². The highest BCUT2D eigenvalue weighted by Gasteiger charge is 2.21. The minimum absolute atomic E-state index is 0.172. The average Bonchev–Trinajstić information content (AvgIpc) is 2.26. The number of carbonyl (C=O) groups is 2. The van der Waals surface area contributed by atoms with Crippen molar-refractivity contribution in [2.24, 2.45) is 0 Å². The second-order valence-electron chi connectivity index (χ2n) is 2.80. The van der Waals surface area contributed by atoms with E-state index in [9.17, 15) is 19.7 Å².